The number of carbonyl (C=O) groups is 4. The number of fused-ring (bicyclic) bond motifs is 2. The molecule has 10 nitrogen and oxygen atoms in total. The van der Waals surface area contributed by atoms with Crippen molar-refractivity contribution in [2.45, 2.75) is 30.9 Å². The molecule has 0 radical (unpaired) electrons. The van der Waals surface area contributed by atoms with E-state index in [1.165, 1.54) is 41.3 Å². The summed E-state index contributed by atoms with van der Waals surface area (Å²) in [6.45, 7) is -0.891. The van der Waals surface area contributed by atoms with Crippen LogP contribution in [0.25, 0.3) is 0 Å². The van der Waals surface area contributed by atoms with E-state index in [1.807, 2.05) is 0 Å². The van der Waals surface area contributed by atoms with Crippen LogP contribution in [0.2, 0.25) is 5.02 Å². The van der Waals surface area contributed by atoms with Crippen molar-refractivity contribution in [3.05, 3.63) is 58.4 Å². The molecule has 1 spiro atoms. The standard InChI is InChI=1S/C24H23ClF2N4O6/c25-15-6-7-16-18(19(15)27)24(37-23(36)30-16)9-1-11-31(12-24)21(33)17(8-10-26)29-20(32)13-2-4-14(5-3-13)28-22(34)35/h2-7,17,28H,1,8-12H2,(H,29,32)(H,30,36)(H,34,35)/t17-,24-/m0/s1. The van der Waals surface area contributed by atoms with Gasteiger partial charge in [0.25, 0.3) is 5.91 Å². The molecule has 37 heavy (non-hydrogen) atoms. The first-order valence-corrected chi connectivity index (χ1v) is 11.8. The third kappa shape index (κ3) is 5.43. The van der Waals surface area contributed by atoms with Gasteiger partial charge in [-0.25, -0.2) is 14.0 Å². The second-order valence-corrected chi connectivity index (χ2v) is 9.07. The molecule has 1 fully saturated rings. The number of alkyl halides is 1. The van der Waals surface area contributed by atoms with Crippen LogP contribution in [0.4, 0.5) is 29.7 Å². The average Bonchev–Trinajstić information content (AvgIpc) is 2.85. The molecule has 13 heteroatoms. The summed E-state index contributed by atoms with van der Waals surface area (Å²) in [5, 5.41) is 15.7. The number of rotatable bonds is 6. The summed E-state index contributed by atoms with van der Waals surface area (Å²) in [6, 6.07) is 6.95. The fourth-order valence-electron chi connectivity index (χ4n) is 4.62. The van der Waals surface area contributed by atoms with Gasteiger partial charge in [0.2, 0.25) is 5.91 Å². The molecule has 4 N–H and O–H groups in total. The molecule has 0 aromatic heterocycles. The zero-order valence-electron chi connectivity index (χ0n) is 19.4. The molecule has 2 atom stereocenters. The number of nitrogens with one attached hydrogen (secondary N) is 3. The van der Waals surface area contributed by atoms with Crippen LogP contribution in [0.5, 0.6) is 0 Å². The Morgan fingerprint density at radius 3 is 2.62 bits per heavy atom. The van der Waals surface area contributed by atoms with Gasteiger partial charge in [0.1, 0.15) is 6.04 Å². The molecule has 0 bridgehead atoms. The normalized spacial score (nSPS) is 19.3. The molecule has 1 saturated heterocycles. The Morgan fingerprint density at radius 1 is 1.22 bits per heavy atom. The Balaban J connectivity index is 1.54. The molecule has 2 heterocycles. The number of amides is 4. The number of halogens is 3. The lowest BCUT2D eigenvalue weighted by Crippen LogP contribution is -2.57. The predicted octanol–water partition coefficient (Wildman–Crippen LogP) is 4.11. The van der Waals surface area contributed by atoms with Crippen molar-refractivity contribution in [1.29, 1.82) is 0 Å². The summed E-state index contributed by atoms with van der Waals surface area (Å²) in [5.41, 5.74) is -0.929. The van der Waals surface area contributed by atoms with Gasteiger partial charge in [-0.2, -0.15) is 0 Å². The van der Waals surface area contributed by atoms with Crippen molar-refractivity contribution in [2.75, 3.05) is 30.4 Å². The van der Waals surface area contributed by atoms with Gasteiger partial charge in [-0.15, -0.1) is 0 Å². The van der Waals surface area contributed by atoms with Gasteiger partial charge < -0.3 is 20.1 Å². The maximum atomic E-state index is 15.1. The van der Waals surface area contributed by atoms with Crippen molar-refractivity contribution in [2.24, 2.45) is 0 Å². The summed E-state index contributed by atoms with van der Waals surface area (Å²) in [7, 11) is 0. The van der Waals surface area contributed by atoms with Crippen LogP contribution in [0.3, 0.4) is 0 Å². The van der Waals surface area contributed by atoms with E-state index in [2.05, 4.69) is 16.0 Å². The Bertz CT molecular complexity index is 1240. The maximum Gasteiger partial charge on any atom is 0.412 e. The highest BCUT2D eigenvalue weighted by Crippen LogP contribution is 2.45. The monoisotopic (exact) mass is 536 g/mol. The predicted molar refractivity (Wildman–Crippen MR) is 129 cm³/mol. The summed E-state index contributed by atoms with van der Waals surface area (Å²) in [4.78, 5) is 50.5. The van der Waals surface area contributed by atoms with Crippen LogP contribution in [-0.4, -0.2) is 59.8 Å². The SMILES string of the molecule is O=C(O)Nc1ccc(C(=O)N[C@@H](CCF)C(=O)N2CCC[C@@]3(C2)OC(=O)Nc2ccc(Cl)c(F)c23)cc1. The van der Waals surface area contributed by atoms with Gasteiger partial charge in [-0.1, -0.05) is 11.6 Å². The fourth-order valence-corrected chi connectivity index (χ4v) is 4.78. The second kappa shape index (κ2) is 10.6. The number of hydrogen-bond donors (Lipinski definition) is 4. The minimum absolute atomic E-state index is 0.0261. The summed E-state index contributed by atoms with van der Waals surface area (Å²) in [6.07, 6.45) is -1.82. The van der Waals surface area contributed by atoms with Crippen LogP contribution in [0, 0.1) is 5.82 Å². The van der Waals surface area contributed by atoms with E-state index >= 15 is 4.39 Å². The molecule has 2 aromatic carbocycles. The van der Waals surface area contributed by atoms with Crippen LogP contribution in [0.1, 0.15) is 35.2 Å². The van der Waals surface area contributed by atoms with Gasteiger partial charge in [0, 0.05) is 24.2 Å². The Kier molecular flexibility index (Phi) is 7.48. The van der Waals surface area contributed by atoms with Crippen molar-refractivity contribution in [1.82, 2.24) is 10.2 Å². The third-order valence-electron chi connectivity index (χ3n) is 6.24. The Morgan fingerprint density at radius 2 is 1.95 bits per heavy atom. The molecule has 4 rings (SSSR count). The molecule has 0 saturated carbocycles. The number of benzene rings is 2. The van der Waals surface area contributed by atoms with E-state index in [1.54, 1.807) is 0 Å². The number of likely N-dealkylation sites (tertiary alicyclic amines) is 1. The van der Waals surface area contributed by atoms with Crippen molar-refractivity contribution in [3.8, 4) is 0 Å². The fraction of sp³-hybridized carbons (Fsp3) is 0.333. The van der Waals surface area contributed by atoms with Gasteiger partial charge in [0.05, 0.1) is 29.5 Å². The topological polar surface area (TPSA) is 137 Å². The third-order valence-corrected chi connectivity index (χ3v) is 6.53. The molecule has 4 amide bonds. The first-order chi connectivity index (χ1) is 17.6. The largest absolute Gasteiger partial charge is 0.465 e. The Labute approximate surface area is 214 Å². The van der Waals surface area contributed by atoms with Gasteiger partial charge in [0.15, 0.2) is 11.4 Å². The number of ether oxygens (including phenoxy) is 1. The van der Waals surface area contributed by atoms with Crippen LogP contribution < -0.4 is 16.0 Å². The van der Waals surface area contributed by atoms with Crippen LogP contribution in [0.15, 0.2) is 36.4 Å². The zero-order valence-corrected chi connectivity index (χ0v) is 20.1. The second-order valence-electron chi connectivity index (χ2n) is 8.67. The lowest BCUT2D eigenvalue weighted by Gasteiger charge is -2.45. The van der Waals surface area contributed by atoms with E-state index in [0.717, 1.165) is 0 Å². The minimum Gasteiger partial charge on any atom is -0.465 e. The van der Waals surface area contributed by atoms with Crippen molar-refractivity contribution >= 4 is 47.0 Å². The minimum atomic E-state index is -1.50. The highest BCUT2D eigenvalue weighted by atomic mass is 35.5. The van der Waals surface area contributed by atoms with Crippen molar-refractivity contribution < 1.29 is 37.8 Å². The molecular weight excluding hydrogens is 514 g/mol. The van der Waals surface area contributed by atoms with E-state index in [4.69, 9.17) is 21.4 Å². The average molecular weight is 537 g/mol. The smallest absolute Gasteiger partial charge is 0.412 e. The maximum absolute atomic E-state index is 15.1. The molecule has 0 unspecified atom stereocenters. The molecule has 2 aliphatic rings. The summed E-state index contributed by atoms with van der Waals surface area (Å²) < 4.78 is 34.0. The summed E-state index contributed by atoms with van der Waals surface area (Å²) in [5.74, 6) is -2.06. The lowest BCUT2D eigenvalue weighted by molar-refractivity contribution is -0.141. The number of carbonyl (C=O) groups excluding carboxylic acids is 3. The molecule has 0 aliphatic carbocycles. The lowest BCUT2D eigenvalue weighted by atomic mass is 9.83. The van der Waals surface area contributed by atoms with Crippen molar-refractivity contribution in [3.63, 3.8) is 0 Å². The zero-order chi connectivity index (χ0) is 26.7. The van der Waals surface area contributed by atoms with E-state index in [0.29, 0.717) is 6.42 Å². The van der Waals surface area contributed by atoms with Gasteiger partial charge in [-0.05, 0) is 49.2 Å². The number of piperidine rings is 1. The molecule has 2 aromatic rings. The van der Waals surface area contributed by atoms with Gasteiger partial charge in [-0.3, -0.25) is 24.6 Å². The Hall–Kier alpha value is -3.93. The van der Waals surface area contributed by atoms with E-state index in [9.17, 15) is 23.6 Å². The van der Waals surface area contributed by atoms with Crippen LogP contribution >= 0.6 is 11.6 Å². The summed E-state index contributed by atoms with van der Waals surface area (Å²) >= 11 is 5.98. The highest BCUT2D eigenvalue weighted by Gasteiger charge is 2.49. The first-order valence-electron chi connectivity index (χ1n) is 11.4. The molecule has 196 valence electrons. The highest BCUT2D eigenvalue weighted by molar-refractivity contribution is 6.31. The number of nitrogens with zero attached hydrogens (tertiary/aromatic N) is 1. The number of anilines is 2. The molecular formula is C24H23ClF2N4O6. The van der Waals surface area contributed by atoms with Gasteiger partial charge >= 0.3 is 12.2 Å². The number of carboxylic acid groups (broad SMARTS) is 1. The van der Waals surface area contributed by atoms with E-state index in [-0.39, 0.29) is 53.5 Å². The van der Waals surface area contributed by atoms with Crippen LogP contribution in [-0.2, 0) is 15.1 Å². The first kappa shape index (κ1) is 26.1. The number of hydrogen-bond acceptors (Lipinski definition) is 5. The van der Waals surface area contributed by atoms with E-state index < -0.39 is 48.1 Å². The molecule has 2 aliphatic heterocycles. The quantitative estimate of drug-likeness (QED) is 0.438.